The molecule has 0 amide bonds. The summed E-state index contributed by atoms with van der Waals surface area (Å²) in [4.78, 5) is 0.246. The summed E-state index contributed by atoms with van der Waals surface area (Å²) in [6.07, 6.45) is 0.719. The zero-order valence-corrected chi connectivity index (χ0v) is 13.5. The number of nitrogens with one attached hydrogen (secondary N) is 1. The smallest absolute Gasteiger partial charge is 0.207 e. The van der Waals surface area contributed by atoms with Crippen molar-refractivity contribution in [2.24, 2.45) is 5.92 Å². The van der Waals surface area contributed by atoms with Gasteiger partial charge in [0.05, 0.1) is 4.90 Å². The number of benzene rings is 1. The van der Waals surface area contributed by atoms with Gasteiger partial charge in [-0.3, -0.25) is 0 Å². The zero-order valence-electron chi connectivity index (χ0n) is 10.4. The molecule has 0 radical (unpaired) electrons. The number of sulfonamides is 1. The highest BCUT2D eigenvalue weighted by atomic mass is 79.9. The van der Waals surface area contributed by atoms with Gasteiger partial charge in [0, 0.05) is 16.4 Å². The predicted molar refractivity (Wildman–Crippen MR) is 78.4 cm³/mol. The van der Waals surface area contributed by atoms with Crippen molar-refractivity contribution >= 4 is 37.6 Å². The van der Waals surface area contributed by atoms with E-state index in [9.17, 15) is 8.42 Å². The van der Waals surface area contributed by atoms with Gasteiger partial charge in [0.1, 0.15) is 0 Å². The van der Waals surface area contributed by atoms with E-state index < -0.39 is 10.0 Å². The minimum absolute atomic E-state index is 0.240. The Labute approximate surface area is 122 Å². The third kappa shape index (κ3) is 4.88. The van der Waals surface area contributed by atoms with Gasteiger partial charge in [0.2, 0.25) is 10.0 Å². The molecule has 1 aromatic rings. The number of hydrogen-bond donors (Lipinski definition) is 1. The summed E-state index contributed by atoms with van der Waals surface area (Å²) >= 11 is 9.06. The molecule has 1 aromatic carbocycles. The van der Waals surface area contributed by atoms with Crippen LogP contribution in [0.1, 0.15) is 20.3 Å². The van der Waals surface area contributed by atoms with E-state index in [2.05, 4.69) is 20.7 Å². The molecule has 1 atom stereocenters. The summed E-state index contributed by atoms with van der Waals surface area (Å²) in [5.74, 6) is 0.657. The summed E-state index contributed by atoms with van der Waals surface area (Å²) in [6.45, 7) is 4.07. The molecule has 0 bridgehead atoms. The Bertz CT molecular complexity index is 491. The second-order valence-corrected chi connectivity index (χ2v) is 7.50. The van der Waals surface area contributed by atoms with Gasteiger partial charge in [-0.15, -0.1) is 11.6 Å². The van der Waals surface area contributed by atoms with E-state index >= 15 is 0 Å². The Morgan fingerprint density at radius 3 is 2.56 bits per heavy atom. The normalized spacial score (nSPS) is 13.8. The van der Waals surface area contributed by atoms with Crippen LogP contribution in [-0.2, 0) is 10.0 Å². The van der Waals surface area contributed by atoms with Crippen molar-refractivity contribution in [2.75, 3.05) is 5.88 Å². The maximum atomic E-state index is 12.1. The quantitative estimate of drug-likeness (QED) is 0.796. The van der Waals surface area contributed by atoms with Crippen molar-refractivity contribution < 1.29 is 8.42 Å². The summed E-state index contributed by atoms with van der Waals surface area (Å²) in [6, 6.07) is 6.37. The molecule has 0 heterocycles. The topological polar surface area (TPSA) is 46.2 Å². The molecular formula is C12H17BrClNO2S. The van der Waals surface area contributed by atoms with Crippen LogP contribution in [-0.4, -0.2) is 20.3 Å². The molecule has 18 heavy (non-hydrogen) atoms. The van der Waals surface area contributed by atoms with Crippen LogP contribution in [0.15, 0.2) is 33.6 Å². The number of rotatable bonds is 6. The van der Waals surface area contributed by atoms with Gasteiger partial charge in [-0.05, 0) is 30.5 Å². The molecule has 102 valence electrons. The van der Waals surface area contributed by atoms with Crippen LogP contribution in [0.4, 0.5) is 0 Å². The lowest BCUT2D eigenvalue weighted by molar-refractivity contribution is 0.485. The summed E-state index contributed by atoms with van der Waals surface area (Å²) in [7, 11) is -3.50. The Hall–Kier alpha value is -0.100. The summed E-state index contributed by atoms with van der Waals surface area (Å²) < 4.78 is 27.7. The summed E-state index contributed by atoms with van der Waals surface area (Å²) in [5, 5.41) is 0. The van der Waals surface area contributed by atoms with Gasteiger partial charge in [0.25, 0.3) is 0 Å². The van der Waals surface area contributed by atoms with Crippen LogP contribution in [0.2, 0.25) is 0 Å². The van der Waals surface area contributed by atoms with E-state index in [1.54, 1.807) is 24.3 Å². The van der Waals surface area contributed by atoms with E-state index in [-0.39, 0.29) is 16.8 Å². The van der Waals surface area contributed by atoms with Crippen LogP contribution < -0.4 is 4.72 Å². The molecule has 6 heteroatoms. The molecule has 0 aliphatic rings. The molecule has 1 N–H and O–H groups in total. The van der Waals surface area contributed by atoms with Crippen LogP contribution in [0.25, 0.3) is 0 Å². The maximum absolute atomic E-state index is 12.1. The standard InChI is InChI=1S/C12H17BrClNO2S/c1-9(2)6-11(8-14)15-18(16,17)12-5-3-4-10(13)7-12/h3-5,7,9,11,15H,6,8H2,1-2H3. The Balaban J connectivity index is 2.87. The number of alkyl halides is 1. The van der Waals surface area contributed by atoms with Crippen LogP contribution in [0.5, 0.6) is 0 Å². The minimum Gasteiger partial charge on any atom is -0.207 e. The molecule has 0 saturated heterocycles. The molecule has 0 aromatic heterocycles. The minimum atomic E-state index is -3.50. The van der Waals surface area contributed by atoms with Crippen molar-refractivity contribution in [1.29, 1.82) is 0 Å². The lowest BCUT2D eigenvalue weighted by atomic mass is 10.1. The monoisotopic (exact) mass is 353 g/mol. The van der Waals surface area contributed by atoms with Crippen LogP contribution >= 0.6 is 27.5 Å². The highest BCUT2D eigenvalue weighted by molar-refractivity contribution is 9.10. The van der Waals surface area contributed by atoms with Crippen molar-refractivity contribution in [1.82, 2.24) is 4.72 Å². The first-order valence-electron chi connectivity index (χ1n) is 5.69. The molecule has 3 nitrogen and oxygen atoms in total. The molecular weight excluding hydrogens is 338 g/mol. The largest absolute Gasteiger partial charge is 0.240 e. The average molecular weight is 355 g/mol. The van der Waals surface area contributed by atoms with E-state index in [4.69, 9.17) is 11.6 Å². The van der Waals surface area contributed by atoms with Crippen molar-refractivity contribution in [3.8, 4) is 0 Å². The second kappa shape index (κ2) is 6.89. The first-order valence-corrected chi connectivity index (χ1v) is 8.50. The molecule has 0 fully saturated rings. The van der Waals surface area contributed by atoms with Crippen molar-refractivity contribution in [3.05, 3.63) is 28.7 Å². The predicted octanol–water partition coefficient (Wildman–Crippen LogP) is 3.38. The fourth-order valence-corrected chi connectivity index (χ4v) is 3.77. The molecule has 0 saturated carbocycles. The highest BCUT2D eigenvalue weighted by Crippen LogP contribution is 2.17. The van der Waals surface area contributed by atoms with Gasteiger partial charge >= 0.3 is 0 Å². The molecule has 0 spiro atoms. The number of hydrogen-bond acceptors (Lipinski definition) is 2. The Morgan fingerprint density at radius 2 is 2.06 bits per heavy atom. The summed E-state index contributed by atoms with van der Waals surface area (Å²) in [5.41, 5.74) is 0. The van der Waals surface area contributed by atoms with E-state index in [1.165, 1.54) is 0 Å². The first kappa shape index (κ1) is 16.0. The van der Waals surface area contributed by atoms with Crippen LogP contribution in [0, 0.1) is 5.92 Å². The Kier molecular flexibility index (Phi) is 6.11. The van der Waals surface area contributed by atoms with Gasteiger partial charge < -0.3 is 0 Å². The van der Waals surface area contributed by atoms with Gasteiger partial charge in [-0.1, -0.05) is 35.8 Å². The lowest BCUT2D eigenvalue weighted by Crippen LogP contribution is -2.37. The molecule has 1 rings (SSSR count). The van der Waals surface area contributed by atoms with Gasteiger partial charge in [-0.25, -0.2) is 13.1 Å². The third-order valence-electron chi connectivity index (χ3n) is 2.37. The Morgan fingerprint density at radius 1 is 1.39 bits per heavy atom. The van der Waals surface area contributed by atoms with Crippen molar-refractivity contribution in [3.63, 3.8) is 0 Å². The van der Waals surface area contributed by atoms with Gasteiger partial charge in [0.15, 0.2) is 0 Å². The fourth-order valence-electron chi connectivity index (χ4n) is 1.63. The second-order valence-electron chi connectivity index (χ2n) is 4.56. The average Bonchev–Trinajstić information content (AvgIpc) is 2.27. The van der Waals surface area contributed by atoms with E-state index in [0.29, 0.717) is 5.92 Å². The SMILES string of the molecule is CC(C)CC(CCl)NS(=O)(=O)c1cccc(Br)c1. The molecule has 0 aliphatic carbocycles. The molecule has 1 unspecified atom stereocenters. The lowest BCUT2D eigenvalue weighted by Gasteiger charge is -2.18. The molecule has 0 aliphatic heterocycles. The van der Waals surface area contributed by atoms with Crippen LogP contribution in [0.3, 0.4) is 0 Å². The first-order chi connectivity index (χ1) is 8.35. The maximum Gasteiger partial charge on any atom is 0.240 e. The number of halogens is 2. The third-order valence-corrected chi connectivity index (χ3v) is 4.75. The van der Waals surface area contributed by atoms with E-state index in [1.807, 2.05) is 13.8 Å². The zero-order chi connectivity index (χ0) is 13.8. The fraction of sp³-hybridized carbons (Fsp3) is 0.500. The van der Waals surface area contributed by atoms with Crippen molar-refractivity contribution in [2.45, 2.75) is 31.2 Å². The van der Waals surface area contributed by atoms with E-state index in [0.717, 1.165) is 10.9 Å². The highest BCUT2D eigenvalue weighted by Gasteiger charge is 2.20. The van der Waals surface area contributed by atoms with Gasteiger partial charge in [-0.2, -0.15) is 0 Å².